The Morgan fingerprint density at radius 2 is 1.09 bits per heavy atom. The first-order valence-corrected chi connectivity index (χ1v) is 7.35. The summed E-state index contributed by atoms with van der Waals surface area (Å²) in [6, 6.07) is 2.91. The number of fused-ring (bicyclic) bond motifs is 2. The van der Waals surface area contributed by atoms with E-state index in [1.165, 1.54) is 12.1 Å². The molecule has 2 aromatic carbocycles. The highest BCUT2D eigenvalue weighted by Crippen LogP contribution is 2.43. The standard InChI is InChI=1S/C16H12O4S2/c1-5-6(2)14(18)12-11(13(5)17)15(19)7-3-9(21)10(22)4-8(7)16(12)20/h3-4,17-18,21-22H,1-2H3. The van der Waals surface area contributed by atoms with E-state index in [0.717, 1.165) is 0 Å². The summed E-state index contributed by atoms with van der Waals surface area (Å²) in [5.41, 5.74) is 0.738. The average molecular weight is 332 g/mol. The van der Waals surface area contributed by atoms with Gasteiger partial charge in [0.05, 0.1) is 11.1 Å². The van der Waals surface area contributed by atoms with E-state index in [4.69, 9.17) is 0 Å². The molecule has 2 aromatic rings. The Morgan fingerprint density at radius 1 is 0.773 bits per heavy atom. The van der Waals surface area contributed by atoms with Crippen LogP contribution in [0.4, 0.5) is 0 Å². The third-order valence-corrected chi connectivity index (χ3v) is 4.97. The molecule has 0 fully saturated rings. The van der Waals surface area contributed by atoms with Gasteiger partial charge in [-0.2, -0.15) is 0 Å². The van der Waals surface area contributed by atoms with Crippen molar-refractivity contribution in [1.29, 1.82) is 0 Å². The number of aromatic hydroxyl groups is 2. The van der Waals surface area contributed by atoms with Gasteiger partial charge in [-0.1, -0.05) is 0 Å². The van der Waals surface area contributed by atoms with Gasteiger partial charge < -0.3 is 10.2 Å². The number of hydrogen-bond acceptors (Lipinski definition) is 6. The molecule has 1 aliphatic carbocycles. The summed E-state index contributed by atoms with van der Waals surface area (Å²) in [5, 5.41) is 20.5. The van der Waals surface area contributed by atoms with Crippen molar-refractivity contribution in [3.8, 4) is 11.5 Å². The Hall–Kier alpha value is -1.92. The highest BCUT2D eigenvalue weighted by atomic mass is 32.1. The first kappa shape index (κ1) is 15.0. The number of phenolic OH excluding ortho intramolecular Hbond substituents is 2. The molecular formula is C16H12O4S2. The third kappa shape index (κ3) is 1.80. The highest BCUT2D eigenvalue weighted by Gasteiger charge is 2.36. The molecule has 0 heterocycles. The van der Waals surface area contributed by atoms with Crippen LogP contribution in [0, 0.1) is 13.8 Å². The van der Waals surface area contributed by atoms with Crippen molar-refractivity contribution in [2.45, 2.75) is 23.6 Å². The molecule has 0 aliphatic heterocycles. The molecule has 0 atom stereocenters. The van der Waals surface area contributed by atoms with Crippen LogP contribution in [0.1, 0.15) is 43.0 Å². The summed E-state index contributed by atoms with van der Waals surface area (Å²) in [7, 11) is 0. The second kappa shape index (κ2) is 4.79. The van der Waals surface area contributed by atoms with Crippen LogP contribution in [-0.4, -0.2) is 21.8 Å². The average Bonchev–Trinajstić information content (AvgIpc) is 2.48. The number of carbonyl (C=O) groups excluding carboxylic acids is 2. The number of ketones is 2. The molecule has 0 bridgehead atoms. The van der Waals surface area contributed by atoms with Gasteiger partial charge in [0.25, 0.3) is 0 Å². The lowest BCUT2D eigenvalue weighted by atomic mass is 9.81. The smallest absolute Gasteiger partial charge is 0.198 e. The lowest BCUT2D eigenvalue weighted by molar-refractivity contribution is 0.0973. The van der Waals surface area contributed by atoms with Crippen molar-refractivity contribution in [3.05, 3.63) is 45.5 Å². The Kier molecular flexibility index (Phi) is 3.27. The minimum Gasteiger partial charge on any atom is -0.507 e. The first-order valence-electron chi connectivity index (χ1n) is 6.46. The van der Waals surface area contributed by atoms with Crippen LogP contribution in [0.25, 0.3) is 0 Å². The van der Waals surface area contributed by atoms with Crippen LogP contribution >= 0.6 is 25.3 Å². The molecule has 22 heavy (non-hydrogen) atoms. The number of thiol groups is 2. The van der Waals surface area contributed by atoms with Gasteiger partial charge in [-0.05, 0) is 37.1 Å². The Morgan fingerprint density at radius 3 is 1.41 bits per heavy atom. The van der Waals surface area contributed by atoms with Gasteiger partial charge in [0.15, 0.2) is 11.6 Å². The van der Waals surface area contributed by atoms with Gasteiger partial charge in [-0.25, -0.2) is 0 Å². The largest absolute Gasteiger partial charge is 0.507 e. The number of carbonyl (C=O) groups is 2. The summed E-state index contributed by atoms with van der Waals surface area (Å²) in [6.07, 6.45) is 0. The molecule has 112 valence electrons. The fourth-order valence-corrected chi connectivity index (χ4v) is 3.02. The molecule has 0 aromatic heterocycles. The van der Waals surface area contributed by atoms with Crippen LogP contribution in [-0.2, 0) is 0 Å². The van der Waals surface area contributed by atoms with E-state index in [-0.39, 0.29) is 33.8 Å². The molecule has 6 heteroatoms. The minimum atomic E-state index is -0.510. The van der Waals surface area contributed by atoms with Crippen molar-refractivity contribution in [2.75, 3.05) is 0 Å². The second-order valence-corrected chi connectivity index (χ2v) is 6.21. The molecule has 0 unspecified atom stereocenters. The fraction of sp³-hybridized carbons (Fsp3) is 0.125. The molecular weight excluding hydrogens is 320 g/mol. The quantitative estimate of drug-likeness (QED) is 0.377. The number of phenols is 2. The molecule has 0 saturated heterocycles. The third-order valence-electron chi connectivity index (χ3n) is 4.05. The summed E-state index contributed by atoms with van der Waals surface area (Å²) in [5.74, 6) is -1.57. The topological polar surface area (TPSA) is 74.6 Å². The van der Waals surface area contributed by atoms with Gasteiger partial charge in [-0.3, -0.25) is 9.59 Å². The maximum Gasteiger partial charge on any atom is 0.198 e. The summed E-state index contributed by atoms with van der Waals surface area (Å²) in [4.78, 5) is 26.3. The van der Waals surface area contributed by atoms with E-state index in [0.29, 0.717) is 20.9 Å². The Balaban J connectivity index is 2.44. The van der Waals surface area contributed by atoms with Gasteiger partial charge in [0.1, 0.15) is 11.5 Å². The van der Waals surface area contributed by atoms with Gasteiger partial charge in [-0.15, -0.1) is 25.3 Å². The van der Waals surface area contributed by atoms with E-state index >= 15 is 0 Å². The van der Waals surface area contributed by atoms with Crippen LogP contribution < -0.4 is 0 Å². The van der Waals surface area contributed by atoms with Crippen molar-refractivity contribution in [3.63, 3.8) is 0 Å². The van der Waals surface area contributed by atoms with Gasteiger partial charge in [0, 0.05) is 20.9 Å². The van der Waals surface area contributed by atoms with Crippen molar-refractivity contribution < 1.29 is 19.8 Å². The lowest BCUT2D eigenvalue weighted by Gasteiger charge is -2.22. The summed E-state index contributed by atoms with van der Waals surface area (Å²) in [6.45, 7) is 3.16. The maximum absolute atomic E-state index is 12.7. The number of rotatable bonds is 0. The molecule has 0 spiro atoms. The van der Waals surface area contributed by atoms with Crippen molar-refractivity contribution in [1.82, 2.24) is 0 Å². The second-order valence-electron chi connectivity index (χ2n) is 5.24. The fourth-order valence-electron chi connectivity index (χ4n) is 2.63. The maximum atomic E-state index is 12.7. The van der Waals surface area contributed by atoms with E-state index < -0.39 is 11.6 Å². The molecule has 3 rings (SSSR count). The molecule has 0 radical (unpaired) electrons. The number of hydrogen-bond donors (Lipinski definition) is 4. The predicted molar refractivity (Wildman–Crippen MR) is 87.1 cm³/mol. The SMILES string of the molecule is Cc1c(C)c(O)c2c(c1O)C(=O)c1cc(S)c(S)cc1C2=O. The zero-order valence-electron chi connectivity index (χ0n) is 11.8. The first-order chi connectivity index (χ1) is 10.3. The predicted octanol–water partition coefficient (Wildman–Crippen LogP) is 3.07. The molecule has 1 aliphatic rings. The Labute approximate surface area is 137 Å². The van der Waals surface area contributed by atoms with E-state index in [9.17, 15) is 19.8 Å². The summed E-state index contributed by atoms with van der Waals surface area (Å²) >= 11 is 8.41. The monoisotopic (exact) mass is 332 g/mol. The van der Waals surface area contributed by atoms with Crippen LogP contribution in [0.15, 0.2) is 21.9 Å². The zero-order valence-corrected chi connectivity index (χ0v) is 13.5. The van der Waals surface area contributed by atoms with Crippen molar-refractivity contribution >= 4 is 36.8 Å². The minimum absolute atomic E-state index is 0.151. The molecule has 0 amide bonds. The van der Waals surface area contributed by atoms with Crippen LogP contribution in [0.3, 0.4) is 0 Å². The van der Waals surface area contributed by atoms with Crippen LogP contribution in [0.5, 0.6) is 11.5 Å². The zero-order chi connectivity index (χ0) is 16.3. The molecule has 0 saturated carbocycles. The lowest BCUT2D eigenvalue weighted by Crippen LogP contribution is -2.22. The van der Waals surface area contributed by atoms with Crippen LogP contribution in [0.2, 0.25) is 0 Å². The van der Waals surface area contributed by atoms with E-state index in [1.807, 2.05) is 0 Å². The van der Waals surface area contributed by atoms with E-state index in [2.05, 4.69) is 25.3 Å². The summed E-state index contributed by atoms with van der Waals surface area (Å²) < 4.78 is 0. The molecule has 2 N–H and O–H groups in total. The van der Waals surface area contributed by atoms with E-state index in [1.54, 1.807) is 13.8 Å². The van der Waals surface area contributed by atoms with Gasteiger partial charge >= 0.3 is 0 Å². The van der Waals surface area contributed by atoms with Gasteiger partial charge in [0.2, 0.25) is 0 Å². The molecule has 4 nitrogen and oxygen atoms in total. The number of benzene rings is 2. The highest BCUT2D eigenvalue weighted by molar-refractivity contribution is 7.83. The normalized spacial score (nSPS) is 13.1. The Bertz CT molecular complexity index is 813. The van der Waals surface area contributed by atoms with Crippen molar-refractivity contribution in [2.24, 2.45) is 0 Å².